The molecule has 2 amide bonds. The van der Waals surface area contributed by atoms with E-state index in [0.29, 0.717) is 23.6 Å². The van der Waals surface area contributed by atoms with Gasteiger partial charge in [0.05, 0.1) is 27.9 Å². The summed E-state index contributed by atoms with van der Waals surface area (Å²) in [4.78, 5) is 24.1. The fourth-order valence-electron chi connectivity index (χ4n) is 2.62. The molecule has 0 unspecified atom stereocenters. The van der Waals surface area contributed by atoms with Gasteiger partial charge in [0, 0.05) is 12.1 Å². The molecule has 0 spiro atoms. The molecule has 0 bridgehead atoms. The summed E-state index contributed by atoms with van der Waals surface area (Å²) in [6.45, 7) is 0.451. The van der Waals surface area contributed by atoms with Gasteiger partial charge in [-0.05, 0) is 48.7 Å². The Balaban J connectivity index is 1.70. The summed E-state index contributed by atoms with van der Waals surface area (Å²) >= 11 is 0. The summed E-state index contributed by atoms with van der Waals surface area (Å²) in [7, 11) is 4.66. The Morgan fingerprint density at radius 1 is 0.857 bits per heavy atom. The van der Waals surface area contributed by atoms with Gasteiger partial charge >= 0.3 is 0 Å². The lowest BCUT2D eigenvalue weighted by Gasteiger charge is -2.10. The number of carbonyl (C=O) groups is 2. The highest BCUT2D eigenvalue weighted by molar-refractivity contribution is 5.97. The first-order valence-corrected chi connectivity index (χ1v) is 8.97. The molecule has 7 heteroatoms. The van der Waals surface area contributed by atoms with E-state index in [4.69, 9.17) is 14.2 Å². The highest BCUT2D eigenvalue weighted by atomic mass is 16.5. The molecule has 150 valence electrons. The first kappa shape index (κ1) is 21.1. The Labute approximate surface area is 165 Å². The van der Waals surface area contributed by atoms with Crippen molar-refractivity contribution >= 4 is 11.8 Å². The van der Waals surface area contributed by atoms with Crippen LogP contribution in [0.25, 0.3) is 0 Å². The third kappa shape index (κ3) is 6.19. The second-order valence-corrected chi connectivity index (χ2v) is 6.05. The number of ether oxygens (including phenoxy) is 3. The number of carbonyl (C=O) groups excluding carboxylic acids is 2. The number of hydrogen-bond acceptors (Lipinski definition) is 5. The molecule has 2 aromatic carbocycles. The molecule has 0 atom stereocenters. The molecule has 2 N–H and O–H groups in total. The van der Waals surface area contributed by atoms with Crippen molar-refractivity contribution in [3.8, 4) is 17.2 Å². The molecule has 2 rings (SSSR count). The maximum absolute atomic E-state index is 12.2. The molecule has 0 aromatic heterocycles. The fourth-order valence-corrected chi connectivity index (χ4v) is 2.62. The van der Waals surface area contributed by atoms with E-state index in [-0.39, 0.29) is 18.4 Å². The molecule has 0 fully saturated rings. The molecule has 7 nitrogen and oxygen atoms in total. The van der Waals surface area contributed by atoms with Crippen LogP contribution in [0.2, 0.25) is 0 Å². The summed E-state index contributed by atoms with van der Waals surface area (Å²) < 4.78 is 15.4. The van der Waals surface area contributed by atoms with E-state index in [1.165, 1.54) is 19.8 Å². The first-order valence-electron chi connectivity index (χ1n) is 8.97. The fraction of sp³-hybridized carbons (Fsp3) is 0.333. The summed E-state index contributed by atoms with van der Waals surface area (Å²) in [5.74, 6) is 1.23. The predicted octanol–water partition coefficient (Wildman–Crippen LogP) is 2.19. The highest BCUT2D eigenvalue weighted by Crippen LogP contribution is 2.27. The molecule has 0 aliphatic rings. The Hall–Kier alpha value is -3.22. The lowest BCUT2D eigenvalue weighted by atomic mass is 10.1. The zero-order valence-corrected chi connectivity index (χ0v) is 16.4. The van der Waals surface area contributed by atoms with Crippen LogP contribution in [0.1, 0.15) is 22.3 Å². The van der Waals surface area contributed by atoms with E-state index < -0.39 is 0 Å². The maximum Gasteiger partial charge on any atom is 0.251 e. The van der Waals surface area contributed by atoms with Crippen molar-refractivity contribution in [3.63, 3.8) is 0 Å². The predicted molar refractivity (Wildman–Crippen MR) is 106 cm³/mol. The Morgan fingerprint density at radius 3 is 2.21 bits per heavy atom. The normalized spacial score (nSPS) is 10.1. The van der Waals surface area contributed by atoms with Gasteiger partial charge < -0.3 is 24.8 Å². The van der Waals surface area contributed by atoms with Gasteiger partial charge in [-0.25, -0.2) is 0 Å². The molecule has 0 saturated heterocycles. The Morgan fingerprint density at radius 2 is 1.57 bits per heavy atom. The molecule has 0 radical (unpaired) electrons. The minimum absolute atomic E-state index is 0.0876. The van der Waals surface area contributed by atoms with Crippen molar-refractivity contribution in [3.05, 3.63) is 53.6 Å². The smallest absolute Gasteiger partial charge is 0.251 e. The van der Waals surface area contributed by atoms with Gasteiger partial charge in [0.15, 0.2) is 11.5 Å². The number of nitrogens with one attached hydrogen (secondary N) is 2. The van der Waals surface area contributed by atoms with Crippen LogP contribution in [0.4, 0.5) is 0 Å². The van der Waals surface area contributed by atoms with Crippen molar-refractivity contribution in [1.82, 2.24) is 10.6 Å². The Kier molecular flexibility index (Phi) is 8.14. The zero-order valence-electron chi connectivity index (χ0n) is 16.4. The van der Waals surface area contributed by atoms with Crippen molar-refractivity contribution in [2.75, 3.05) is 34.4 Å². The quantitative estimate of drug-likeness (QED) is 0.612. The number of methoxy groups -OCH3 is 3. The third-order valence-electron chi connectivity index (χ3n) is 4.18. The monoisotopic (exact) mass is 386 g/mol. The number of benzene rings is 2. The first-order chi connectivity index (χ1) is 13.6. The third-order valence-corrected chi connectivity index (χ3v) is 4.18. The summed E-state index contributed by atoms with van der Waals surface area (Å²) in [5.41, 5.74) is 1.57. The van der Waals surface area contributed by atoms with Crippen LogP contribution in [0.3, 0.4) is 0 Å². The molecule has 28 heavy (non-hydrogen) atoms. The van der Waals surface area contributed by atoms with Gasteiger partial charge in [-0.3, -0.25) is 9.59 Å². The van der Waals surface area contributed by atoms with Crippen LogP contribution in [0.5, 0.6) is 17.2 Å². The molecule has 0 aliphatic carbocycles. The van der Waals surface area contributed by atoms with Gasteiger partial charge in [-0.2, -0.15) is 0 Å². The molecular formula is C21H26N2O5. The van der Waals surface area contributed by atoms with E-state index in [9.17, 15) is 9.59 Å². The van der Waals surface area contributed by atoms with Gasteiger partial charge in [-0.1, -0.05) is 12.1 Å². The van der Waals surface area contributed by atoms with E-state index in [1.54, 1.807) is 25.3 Å². The molecule has 0 aliphatic heterocycles. The van der Waals surface area contributed by atoms with Gasteiger partial charge in [0.1, 0.15) is 5.75 Å². The molecule has 2 aromatic rings. The van der Waals surface area contributed by atoms with Crippen LogP contribution >= 0.6 is 0 Å². The molecular weight excluding hydrogens is 360 g/mol. The summed E-state index contributed by atoms with van der Waals surface area (Å²) in [5, 5.41) is 5.40. The van der Waals surface area contributed by atoms with E-state index in [0.717, 1.165) is 18.6 Å². The van der Waals surface area contributed by atoms with Crippen molar-refractivity contribution in [2.24, 2.45) is 0 Å². The highest BCUT2D eigenvalue weighted by Gasteiger charge is 2.11. The van der Waals surface area contributed by atoms with Crippen LogP contribution in [0.15, 0.2) is 42.5 Å². The van der Waals surface area contributed by atoms with Gasteiger partial charge in [-0.15, -0.1) is 0 Å². The second-order valence-electron chi connectivity index (χ2n) is 6.05. The number of aryl methyl sites for hydroxylation is 1. The summed E-state index contributed by atoms with van der Waals surface area (Å²) in [6.07, 6.45) is 1.66. The van der Waals surface area contributed by atoms with E-state index >= 15 is 0 Å². The number of hydrogen-bond donors (Lipinski definition) is 2. The summed E-state index contributed by atoms with van der Waals surface area (Å²) in [6, 6.07) is 12.7. The van der Waals surface area contributed by atoms with Crippen molar-refractivity contribution < 1.29 is 23.8 Å². The van der Waals surface area contributed by atoms with E-state index in [2.05, 4.69) is 10.6 Å². The Bertz CT molecular complexity index is 790. The largest absolute Gasteiger partial charge is 0.497 e. The second kappa shape index (κ2) is 10.8. The van der Waals surface area contributed by atoms with Crippen LogP contribution < -0.4 is 24.8 Å². The number of amides is 2. The molecule has 0 saturated carbocycles. The zero-order chi connectivity index (χ0) is 20.4. The van der Waals surface area contributed by atoms with Gasteiger partial charge in [0.25, 0.3) is 5.91 Å². The maximum atomic E-state index is 12.2. The minimum atomic E-state index is -0.352. The lowest BCUT2D eigenvalue weighted by molar-refractivity contribution is -0.120. The van der Waals surface area contributed by atoms with E-state index in [1.807, 2.05) is 24.3 Å². The van der Waals surface area contributed by atoms with Gasteiger partial charge in [0.2, 0.25) is 5.91 Å². The molecule has 0 heterocycles. The van der Waals surface area contributed by atoms with Crippen LogP contribution in [0, 0.1) is 0 Å². The van der Waals surface area contributed by atoms with Crippen molar-refractivity contribution in [1.29, 1.82) is 0 Å². The average Bonchev–Trinajstić information content (AvgIpc) is 2.74. The minimum Gasteiger partial charge on any atom is -0.497 e. The average molecular weight is 386 g/mol. The SMILES string of the molecule is COc1ccc(CCCNC(=O)CNC(=O)c2ccc(OC)c(OC)c2)cc1. The van der Waals surface area contributed by atoms with Crippen molar-refractivity contribution in [2.45, 2.75) is 12.8 Å². The van der Waals surface area contributed by atoms with Crippen LogP contribution in [-0.2, 0) is 11.2 Å². The van der Waals surface area contributed by atoms with Crippen LogP contribution in [-0.4, -0.2) is 46.2 Å². The topological polar surface area (TPSA) is 85.9 Å². The lowest BCUT2D eigenvalue weighted by Crippen LogP contribution is -2.37. The standard InChI is InChI=1S/C21H26N2O5/c1-26-17-9-6-15(7-10-17)5-4-12-22-20(24)14-23-21(25)16-8-11-18(27-2)19(13-16)28-3/h6-11,13H,4-5,12,14H2,1-3H3,(H,22,24)(H,23,25). The number of rotatable bonds is 10.